The molecule has 1 heterocycles. The first-order valence-corrected chi connectivity index (χ1v) is 13.7. The molecule has 0 aromatic heterocycles. The van der Waals surface area contributed by atoms with Crippen molar-refractivity contribution in [2.24, 2.45) is 0 Å². The summed E-state index contributed by atoms with van der Waals surface area (Å²) in [5.41, 5.74) is 0. The molecule has 1 unspecified atom stereocenters. The fraction of sp³-hybridized carbons (Fsp3) is 0.905. The Morgan fingerprint density at radius 1 is 1.00 bits per heavy atom. The van der Waals surface area contributed by atoms with Crippen molar-refractivity contribution in [2.45, 2.75) is 109 Å². The molecule has 0 spiro atoms. The van der Waals surface area contributed by atoms with Crippen LogP contribution in [0.5, 0.6) is 0 Å². The van der Waals surface area contributed by atoms with E-state index in [0.29, 0.717) is 6.61 Å². The topological polar surface area (TPSA) is 71.0 Å². The predicted molar refractivity (Wildman–Crippen MR) is 117 cm³/mol. The Morgan fingerprint density at radius 2 is 1.55 bits per heavy atom. The molecule has 29 heavy (non-hydrogen) atoms. The first-order valence-electron chi connectivity index (χ1n) is 11.1. The maximum absolute atomic E-state index is 10.9. The van der Waals surface area contributed by atoms with Crippen molar-refractivity contribution >= 4 is 18.5 Å². The summed E-state index contributed by atoms with van der Waals surface area (Å²) >= 11 is 4.31. The molecule has 1 aliphatic heterocycles. The van der Waals surface area contributed by atoms with E-state index in [4.69, 9.17) is 18.9 Å². The number of hydrogen-bond donors (Lipinski definition) is 1. The van der Waals surface area contributed by atoms with Gasteiger partial charge in [-0.15, -0.1) is 0 Å². The fourth-order valence-electron chi connectivity index (χ4n) is 3.31. The van der Waals surface area contributed by atoms with Gasteiger partial charge in [0.15, 0.2) is 6.29 Å². The number of ether oxygens (including phenoxy) is 2. The van der Waals surface area contributed by atoms with E-state index in [2.05, 4.69) is 30.9 Å². The summed E-state index contributed by atoms with van der Waals surface area (Å²) in [7, 11) is 0. The average Bonchev–Trinajstić information content (AvgIpc) is 3.10. The molecule has 5 nitrogen and oxygen atoms in total. The Morgan fingerprint density at radius 3 is 2.14 bits per heavy atom. The van der Waals surface area contributed by atoms with Crippen LogP contribution in [0, 0.1) is 0 Å². The molecule has 0 radical (unpaired) electrons. The first-order chi connectivity index (χ1) is 13.5. The molecule has 1 saturated heterocycles. The summed E-state index contributed by atoms with van der Waals surface area (Å²) in [6.45, 7) is -1.18. The average molecular weight is 475 g/mol. The van der Waals surface area contributed by atoms with Gasteiger partial charge in [0.05, 0.1) is 13.2 Å². The Labute approximate surface area is 226 Å². The third-order valence-electron chi connectivity index (χ3n) is 4.94. The number of unbranched alkanes of at least 4 members (excludes halogenated alkanes) is 11. The molecule has 0 aliphatic carbocycles. The quantitative estimate of drug-likeness (QED) is 0.142. The summed E-state index contributed by atoms with van der Waals surface area (Å²) in [6.07, 6.45) is 21.7. The van der Waals surface area contributed by atoms with Gasteiger partial charge in [0.1, 0.15) is 12.8 Å². The van der Waals surface area contributed by atoms with Crippen LogP contribution in [0.1, 0.15) is 96.8 Å². The SMILES string of the molecule is CCCCCCC/C=C/CCCCCCCC[C@H]1OC[C@H](COP([O-])(O)=S)O1.[K+]. The smallest absolute Gasteiger partial charge is 0.780 e. The van der Waals surface area contributed by atoms with Gasteiger partial charge in [-0.25, -0.2) is 0 Å². The Hall–Kier alpha value is 1.83. The second-order valence-corrected chi connectivity index (χ2v) is 10.2. The number of hydrogen-bond acceptors (Lipinski definition) is 5. The minimum atomic E-state index is -3.85. The molecule has 0 saturated carbocycles. The van der Waals surface area contributed by atoms with Crippen LogP contribution in [-0.4, -0.2) is 30.5 Å². The van der Waals surface area contributed by atoms with E-state index in [1.54, 1.807) is 0 Å². The molecular weight excluding hydrogens is 434 g/mol. The molecule has 1 aliphatic rings. The van der Waals surface area contributed by atoms with Gasteiger partial charge < -0.3 is 23.8 Å². The van der Waals surface area contributed by atoms with Crippen molar-refractivity contribution in [3.63, 3.8) is 0 Å². The van der Waals surface area contributed by atoms with E-state index in [9.17, 15) is 4.89 Å². The van der Waals surface area contributed by atoms with Crippen LogP contribution in [0.4, 0.5) is 0 Å². The van der Waals surface area contributed by atoms with Crippen LogP contribution in [0.3, 0.4) is 0 Å². The minimum Gasteiger partial charge on any atom is -0.780 e. The van der Waals surface area contributed by atoms with Gasteiger partial charge in [-0.2, -0.15) is 0 Å². The third kappa shape index (κ3) is 20.2. The number of allylic oxidation sites excluding steroid dienone is 2. The summed E-state index contributed by atoms with van der Waals surface area (Å²) in [4.78, 5) is 19.9. The molecule has 8 heteroatoms. The third-order valence-corrected chi connectivity index (χ3v) is 5.73. The zero-order chi connectivity index (χ0) is 20.5. The van der Waals surface area contributed by atoms with Gasteiger partial charge in [-0.3, -0.25) is 0 Å². The molecule has 1 N–H and O–H groups in total. The maximum Gasteiger partial charge on any atom is 1.00 e. The van der Waals surface area contributed by atoms with Crippen molar-refractivity contribution in [3.05, 3.63) is 12.2 Å². The van der Waals surface area contributed by atoms with Gasteiger partial charge in [-0.1, -0.05) is 82.2 Å². The van der Waals surface area contributed by atoms with Crippen molar-refractivity contribution in [1.82, 2.24) is 0 Å². The predicted octanol–water partition coefficient (Wildman–Crippen LogP) is 2.36. The molecular formula is C21H40KO5PS. The standard InChI is InChI=1S/C21H41O5PS.K/c1-2-3-4-5-6-7-8-9-10-11-12-13-14-15-16-17-21-24-18-20(26-21)19-25-27(22,23)28;/h8-9,20-21H,2-7,10-19H2,1H3,(H2,22,23,28);/q;+1/p-1/b9-8+;/t20-,21+;/m1./s1. The van der Waals surface area contributed by atoms with Crippen molar-refractivity contribution in [1.29, 1.82) is 0 Å². The van der Waals surface area contributed by atoms with Crippen LogP contribution in [-0.2, 0) is 25.8 Å². The minimum absolute atomic E-state index is 0. The summed E-state index contributed by atoms with van der Waals surface area (Å²) in [5.74, 6) is 0. The normalized spacial score (nSPS) is 21.3. The van der Waals surface area contributed by atoms with Crippen molar-refractivity contribution in [2.75, 3.05) is 13.2 Å². The Bertz CT molecular complexity index is 447. The second kappa shape index (κ2) is 20.4. The van der Waals surface area contributed by atoms with E-state index in [1.165, 1.54) is 77.0 Å². The summed E-state index contributed by atoms with van der Waals surface area (Å²) in [6, 6.07) is 0. The molecule has 0 aromatic rings. The van der Waals surface area contributed by atoms with Gasteiger partial charge in [0.2, 0.25) is 0 Å². The van der Waals surface area contributed by atoms with Gasteiger partial charge >= 0.3 is 51.4 Å². The van der Waals surface area contributed by atoms with E-state index < -0.39 is 6.72 Å². The monoisotopic (exact) mass is 474 g/mol. The second-order valence-electron chi connectivity index (χ2n) is 7.66. The van der Waals surface area contributed by atoms with E-state index in [0.717, 1.165) is 12.8 Å². The summed E-state index contributed by atoms with van der Waals surface area (Å²) < 4.78 is 15.9. The van der Waals surface area contributed by atoms with Crippen LogP contribution >= 0.6 is 6.72 Å². The van der Waals surface area contributed by atoms with E-state index >= 15 is 0 Å². The Balaban J connectivity index is 0.00000784. The molecule has 0 aromatic carbocycles. The molecule has 1 rings (SSSR count). The molecule has 166 valence electrons. The summed E-state index contributed by atoms with van der Waals surface area (Å²) in [5, 5.41) is 0. The Kier molecular flexibility index (Phi) is 21.7. The maximum atomic E-state index is 10.9. The van der Waals surface area contributed by atoms with E-state index in [-0.39, 0.29) is 70.4 Å². The number of rotatable bonds is 18. The van der Waals surface area contributed by atoms with Crippen LogP contribution in [0.2, 0.25) is 0 Å². The molecule has 3 atom stereocenters. The van der Waals surface area contributed by atoms with Gasteiger partial charge in [0, 0.05) is 0 Å². The van der Waals surface area contributed by atoms with Gasteiger partial charge in [0.25, 0.3) is 0 Å². The largest absolute Gasteiger partial charge is 1.00 e. The van der Waals surface area contributed by atoms with Crippen molar-refractivity contribution < 1.29 is 75.2 Å². The molecule has 0 amide bonds. The zero-order valence-electron chi connectivity index (χ0n) is 18.6. The first kappa shape index (κ1) is 30.8. The fourth-order valence-corrected chi connectivity index (χ4v) is 3.84. The van der Waals surface area contributed by atoms with Crippen LogP contribution in [0.15, 0.2) is 12.2 Å². The van der Waals surface area contributed by atoms with Crippen molar-refractivity contribution in [3.8, 4) is 0 Å². The van der Waals surface area contributed by atoms with Gasteiger partial charge in [-0.05, 0) is 38.5 Å². The molecule has 1 fully saturated rings. The van der Waals surface area contributed by atoms with Crippen LogP contribution in [0.25, 0.3) is 0 Å². The van der Waals surface area contributed by atoms with E-state index in [1.807, 2.05) is 0 Å². The van der Waals surface area contributed by atoms with Crippen LogP contribution < -0.4 is 56.3 Å². The molecule has 0 bridgehead atoms. The zero-order valence-corrected chi connectivity index (χ0v) is 23.4.